The van der Waals surface area contributed by atoms with Crippen molar-refractivity contribution in [3.05, 3.63) is 29.6 Å². The predicted molar refractivity (Wildman–Crippen MR) is 69.7 cm³/mol. The van der Waals surface area contributed by atoms with Crippen molar-refractivity contribution in [3.8, 4) is 0 Å². The number of rotatable bonds is 2. The molecule has 1 aliphatic rings. The van der Waals surface area contributed by atoms with E-state index in [0.717, 1.165) is 31.8 Å². The van der Waals surface area contributed by atoms with E-state index in [1.807, 2.05) is 4.90 Å². The van der Waals surface area contributed by atoms with Gasteiger partial charge < -0.3 is 10.6 Å². The number of anilines is 1. The van der Waals surface area contributed by atoms with Crippen molar-refractivity contribution in [2.75, 3.05) is 18.8 Å². The maximum absolute atomic E-state index is 13.1. The molecule has 2 rings (SSSR count). The SMILES string of the molecule is CCC1CCN(C(=O)c2ccc(F)c(N)c2)CC1. The van der Waals surface area contributed by atoms with Crippen LogP contribution < -0.4 is 5.73 Å². The van der Waals surface area contributed by atoms with Crippen molar-refractivity contribution in [1.29, 1.82) is 0 Å². The molecule has 1 saturated heterocycles. The second kappa shape index (κ2) is 5.38. The summed E-state index contributed by atoms with van der Waals surface area (Å²) >= 11 is 0. The monoisotopic (exact) mass is 250 g/mol. The molecule has 98 valence electrons. The number of piperidine rings is 1. The number of carbonyl (C=O) groups is 1. The molecule has 1 aliphatic heterocycles. The van der Waals surface area contributed by atoms with Crippen LogP contribution in [0.5, 0.6) is 0 Å². The van der Waals surface area contributed by atoms with Gasteiger partial charge in [-0.05, 0) is 37.0 Å². The number of nitrogen functional groups attached to an aromatic ring is 1. The Balaban J connectivity index is 2.05. The van der Waals surface area contributed by atoms with E-state index in [-0.39, 0.29) is 11.6 Å². The van der Waals surface area contributed by atoms with Gasteiger partial charge in [0.2, 0.25) is 0 Å². The fourth-order valence-electron chi connectivity index (χ4n) is 2.40. The number of hydrogen-bond donors (Lipinski definition) is 1. The smallest absolute Gasteiger partial charge is 0.253 e. The molecule has 0 aromatic heterocycles. The van der Waals surface area contributed by atoms with Crippen LogP contribution in [-0.2, 0) is 0 Å². The van der Waals surface area contributed by atoms with Crippen LogP contribution >= 0.6 is 0 Å². The molecule has 2 N–H and O–H groups in total. The minimum Gasteiger partial charge on any atom is -0.396 e. The first-order valence-electron chi connectivity index (χ1n) is 6.46. The minimum absolute atomic E-state index is 0.0318. The van der Waals surface area contributed by atoms with Crippen molar-refractivity contribution in [3.63, 3.8) is 0 Å². The molecule has 1 amide bonds. The first kappa shape index (κ1) is 12.9. The maximum Gasteiger partial charge on any atom is 0.253 e. The molecule has 1 aromatic rings. The summed E-state index contributed by atoms with van der Waals surface area (Å²) in [6.45, 7) is 3.76. The summed E-state index contributed by atoms with van der Waals surface area (Å²) in [5.41, 5.74) is 5.99. The number of benzene rings is 1. The molecule has 3 nitrogen and oxygen atoms in total. The molecule has 0 spiro atoms. The van der Waals surface area contributed by atoms with Gasteiger partial charge in [-0.15, -0.1) is 0 Å². The van der Waals surface area contributed by atoms with E-state index in [1.165, 1.54) is 24.6 Å². The molecule has 0 aliphatic carbocycles. The number of halogens is 1. The summed E-state index contributed by atoms with van der Waals surface area (Å²) in [5.74, 6) is 0.208. The van der Waals surface area contributed by atoms with Crippen LogP contribution in [0, 0.1) is 11.7 Å². The van der Waals surface area contributed by atoms with Crippen LogP contribution in [0.4, 0.5) is 10.1 Å². The normalized spacial score (nSPS) is 16.9. The molecule has 1 heterocycles. The second-order valence-electron chi connectivity index (χ2n) is 4.88. The van der Waals surface area contributed by atoms with Gasteiger partial charge in [-0.2, -0.15) is 0 Å². The number of nitrogens with zero attached hydrogens (tertiary/aromatic N) is 1. The predicted octanol–water partition coefficient (Wildman–Crippen LogP) is 2.67. The number of hydrogen-bond acceptors (Lipinski definition) is 2. The summed E-state index contributed by atoms with van der Waals surface area (Å²) in [4.78, 5) is 14.0. The van der Waals surface area contributed by atoms with E-state index in [1.54, 1.807) is 0 Å². The lowest BCUT2D eigenvalue weighted by molar-refractivity contribution is 0.0689. The van der Waals surface area contributed by atoms with Crippen molar-refractivity contribution in [2.45, 2.75) is 26.2 Å². The third-order valence-electron chi connectivity index (χ3n) is 3.72. The molecular formula is C14H19FN2O. The Hall–Kier alpha value is -1.58. The van der Waals surface area contributed by atoms with E-state index in [0.29, 0.717) is 5.56 Å². The van der Waals surface area contributed by atoms with Crippen LogP contribution in [-0.4, -0.2) is 23.9 Å². The molecule has 1 fully saturated rings. The molecule has 0 saturated carbocycles. The Bertz CT molecular complexity index is 439. The lowest BCUT2D eigenvalue weighted by Gasteiger charge is -2.31. The van der Waals surface area contributed by atoms with Crippen LogP contribution in [0.2, 0.25) is 0 Å². The van der Waals surface area contributed by atoms with Gasteiger partial charge in [0.15, 0.2) is 0 Å². The number of carbonyl (C=O) groups excluding carboxylic acids is 1. The first-order chi connectivity index (χ1) is 8.61. The Morgan fingerprint density at radius 2 is 2.11 bits per heavy atom. The zero-order valence-electron chi connectivity index (χ0n) is 10.7. The summed E-state index contributed by atoms with van der Waals surface area (Å²) in [6.07, 6.45) is 3.28. The maximum atomic E-state index is 13.1. The molecule has 4 heteroatoms. The fourth-order valence-corrected chi connectivity index (χ4v) is 2.40. The average molecular weight is 250 g/mol. The summed E-state index contributed by atoms with van der Waals surface area (Å²) in [6, 6.07) is 4.17. The molecule has 0 unspecified atom stereocenters. The Morgan fingerprint density at radius 3 is 2.67 bits per heavy atom. The topological polar surface area (TPSA) is 46.3 Å². The van der Waals surface area contributed by atoms with Crippen LogP contribution in [0.3, 0.4) is 0 Å². The quantitative estimate of drug-likeness (QED) is 0.820. The largest absolute Gasteiger partial charge is 0.396 e. The molecule has 0 radical (unpaired) electrons. The van der Waals surface area contributed by atoms with E-state index in [9.17, 15) is 9.18 Å². The third kappa shape index (κ3) is 2.63. The van der Waals surface area contributed by atoms with Crippen molar-refractivity contribution >= 4 is 11.6 Å². The summed E-state index contributed by atoms with van der Waals surface area (Å²) in [7, 11) is 0. The van der Waals surface area contributed by atoms with Crippen LogP contribution in [0.25, 0.3) is 0 Å². The average Bonchev–Trinajstić information content (AvgIpc) is 2.41. The van der Waals surface area contributed by atoms with Crippen LogP contribution in [0.1, 0.15) is 36.5 Å². The fraction of sp³-hybridized carbons (Fsp3) is 0.500. The number of likely N-dealkylation sites (tertiary alicyclic amines) is 1. The van der Waals surface area contributed by atoms with E-state index in [4.69, 9.17) is 5.73 Å². The Kier molecular flexibility index (Phi) is 3.84. The number of amides is 1. The van der Waals surface area contributed by atoms with Crippen molar-refractivity contribution in [1.82, 2.24) is 4.90 Å². The molecule has 1 aromatic carbocycles. The molecule has 0 atom stereocenters. The lowest BCUT2D eigenvalue weighted by Crippen LogP contribution is -2.38. The first-order valence-corrected chi connectivity index (χ1v) is 6.46. The summed E-state index contributed by atoms with van der Waals surface area (Å²) in [5, 5.41) is 0. The summed E-state index contributed by atoms with van der Waals surface area (Å²) < 4.78 is 13.1. The van der Waals surface area contributed by atoms with Gasteiger partial charge in [0, 0.05) is 18.7 Å². The Labute approximate surface area is 107 Å². The van der Waals surface area contributed by atoms with Gasteiger partial charge in [0.25, 0.3) is 5.91 Å². The van der Waals surface area contributed by atoms with Gasteiger partial charge in [-0.25, -0.2) is 4.39 Å². The second-order valence-corrected chi connectivity index (χ2v) is 4.88. The van der Waals surface area contributed by atoms with Gasteiger partial charge in [0.1, 0.15) is 5.82 Å². The number of nitrogens with two attached hydrogens (primary N) is 1. The highest BCUT2D eigenvalue weighted by Gasteiger charge is 2.22. The lowest BCUT2D eigenvalue weighted by atomic mass is 9.94. The van der Waals surface area contributed by atoms with Crippen molar-refractivity contribution in [2.24, 2.45) is 5.92 Å². The van der Waals surface area contributed by atoms with Gasteiger partial charge in [0.05, 0.1) is 5.69 Å². The zero-order chi connectivity index (χ0) is 13.1. The standard InChI is InChI=1S/C14H19FN2O/c1-2-10-5-7-17(8-6-10)14(18)11-3-4-12(15)13(16)9-11/h3-4,9-10H,2,5-8,16H2,1H3. The van der Waals surface area contributed by atoms with Gasteiger partial charge in [-0.1, -0.05) is 13.3 Å². The highest BCUT2D eigenvalue weighted by atomic mass is 19.1. The van der Waals surface area contributed by atoms with E-state index >= 15 is 0 Å². The highest BCUT2D eigenvalue weighted by Crippen LogP contribution is 2.22. The molecule has 18 heavy (non-hydrogen) atoms. The van der Waals surface area contributed by atoms with Gasteiger partial charge >= 0.3 is 0 Å². The minimum atomic E-state index is -0.476. The molecular weight excluding hydrogens is 231 g/mol. The van der Waals surface area contributed by atoms with E-state index in [2.05, 4.69) is 6.92 Å². The zero-order valence-corrected chi connectivity index (χ0v) is 10.7. The Morgan fingerprint density at radius 1 is 1.44 bits per heavy atom. The van der Waals surface area contributed by atoms with Crippen molar-refractivity contribution < 1.29 is 9.18 Å². The van der Waals surface area contributed by atoms with Crippen LogP contribution in [0.15, 0.2) is 18.2 Å². The third-order valence-corrected chi connectivity index (χ3v) is 3.72. The van der Waals surface area contributed by atoms with Gasteiger partial charge in [-0.3, -0.25) is 4.79 Å². The van der Waals surface area contributed by atoms with E-state index < -0.39 is 5.82 Å². The highest BCUT2D eigenvalue weighted by molar-refractivity contribution is 5.95. The molecule has 0 bridgehead atoms.